The molecule has 104 valence electrons. The van der Waals surface area contributed by atoms with Gasteiger partial charge >= 0.3 is 5.97 Å². The molecule has 0 spiro atoms. The first-order chi connectivity index (χ1) is 8.43. The number of piperidine rings is 1. The lowest BCUT2D eigenvalue weighted by atomic mass is 9.75. The molecule has 1 saturated heterocycles. The van der Waals surface area contributed by atoms with Crippen molar-refractivity contribution >= 4 is 11.9 Å². The minimum absolute atomic E-state index is 0.104. The Morgan fingerprint density at radius 3 is 2.28 bits per heavy atom. The van der Waals surface area contributed by atoms with E-state index in [1.54, 1.807) is 13.8 Å². The highest BCUT2D eigenvalue weighted by Gasteiger charge is 2.39. The number of carbonyl (C=O) groups excluding carboxylic acids is 1. The normalized spacial score (nSPS) is 20.4. The predicted molar refractivity (Wildman–Crippen MR) is 69.2 cm³/mol. The lowest BCUT2D eigenvalue weighted by Crippen LogP contribution is -2.53. The molecule has 0 aliphatic carbocycles. The number of hydrogen-bond donors (Lipinski definition) is 3. The molecule has 18 heavy (non-hydrogen) atoms. The summed E-state index contributed by atoms with van der Waals surface area (Å²) in [5.74, 6) is -1.17. The summed E-state index contributed by atoms with van der Waals surface area (Å²) >= 11 is 0. The van der Waals surface area contributed by atoms with E-state index in [-0.39, 0.29) is 11.8 Å². The first-order valence-corrected chi connectivity index (χ1v) is 6.67. The molecule has 1 aliphatic rings. The molecule has 1 rings (SSSR count). The molecule has 1 atom stereocenters. The summed E-state index contributed by atoms with van der Waals surface area (Å²) in [6, 6.07) is -0.796. The van der Waals surface area contributed by atoms with Gasteiger partial charge in [-0.05, 0) is 38.3 Å². The second-order valence-corrected chi connectivity index (χ2v) is 5.42. The van der Waals surface area contributed by atoms with Crippen LogP contribution in [0.2, 0.25) is 0 Å². The highest BCUT2D eigenvalue weighted by molar-refractivity contribution is 5.87. The number of aliphatic carboxylic acids is 1. The van der Waals surface area contributed by atoms with Crippen molar-refractivity contribution in [3.8, 4) is 0 Å². The fraction of sp³-hybridized carbons (Fsp3) is 0.846. The number of nitrogens with one attached hydrogen (secondary N) is 2. The zero-order valence-electron chi connectivity index (χ0n) is 11.5. The quantitative estimate of drug-likeness (QED) is 0.685. The largest absolute Gasteiger partial charge is 0.480 e. The fourth-order valence-electron chi connectivity index (χ4n) is 2.45. The van der Waals surface area contributed by atoms with Crippen LogP contribution in [0.15, 0.2) is 0 Å². The van der Waals surface area contributed by atoms with Gasteiger partial charge in [0, 0.05) is 0 Å². The summed E-state index contributed by atoms with van der Waals surface area (Å²) in [4.78, 5) is 23.5. The second-order valence-electron chi connectivity index (χ2n) is 5.42. The van der Waals surface area contributed by atoms with Crippen LogP contribution in [0.1, 0.15) is 40.0 Å². The van der Waals surface area contributed by atoms with Crippen LogP contribution >= 0.6 is 0 Å². The average Bonchev–Trinajstić information content (AvgIpc) is 2.35. The van der Waals surface area contributed by atoms with E-state index in [4.69, 9.17) is 5.11 Å². The van der Waals surface area contributed by atoms with Gasteiger partial charge in [-0.2, -0.15) is 0 Å². The molecule has 1 heterocycles. The Kier molecular flexibility index (Phi) is 5.14. The van der Waals surface area contributed by atoms with Crippen LogP contribution in [0.4, 0.5) is 0 Å². The number of carboxylic acids is 1. The lowest BCUT2D eigenvalue weighted by molar-refractivity contribution is -0.145. The first kappa shape index (κ1) is 15.0. The molecule has 3 N–H and O–H groups in total. The zero-order chi connectivity index (χ0) is 13.8. The van der Waals surface area contributed by atoms with E-state index < -0.39 is 17.4 Å². The van der Waals surface area contributed by atoms with E-state index in [1.165, 1.54) is 0 Å². The van der Waals surface area contributed by atoms with E-state index in [0.717, 1.165) is 32.4 Å². The predicted octanol–water partition coefficient (Wildman–Crippen LogP) is 0.992. The standard InChI is InChI=1S/C13H24N2O3/c1-4-13(5-7-14-8-6-13)12(18)15-10(9(2)3)11(16)17/h9-10,14H,4-8H2,1-3H3,(H,15,18)(H,16,17). The van der Waals surface area contributed by atoms with Crippen LogP contribution in [0, 0.1) is 11.3 Å². The number of rotatable bonds is 5. The van der Waals surface area contributed by atoms with E-state index >= 15 is 0 Å². The molecular weight excluding hydrogens is 232 g/mol. The Balaban J connectivity index is 2.75. The van der Waals surface area contributed by atoms with Crippen molar-refractivity contribution < 1.29 is 14.7 Å². The third-order valence-electron chi connectivity index (χ3n) is 3.94. The molecule has 0 saturated carbocycles. The Morgan fingerprint density at radius 2 is 1.89 bits per heavy atom. The van der Waals surface area contributed by atoms with Crippen LogP contribution in [-0.4, -0.2) is 36.1 Å². The van der Waals surface area contributed by atoms with E-state index in [1.807, 2.05) is 6.92 Å². The molecule has 0 aromatic carbocycles. The zero-order valence-corrected chi connectivity index (χ0v) is 11.5. The highest BCUT2D eigenvalue weighted by Crippen LogP contribution is 2.33. The molecule has 5 nitrogen and oxygen atoms in total. The topological polar surface area (TPSA) is 78.4 Å². The van der Waals surface area contributed by atoms with Gasteiger partial charge in [0.15, 0.2) is 0 Å². The van der Waals surface area contributed by atoms with Crippen LogP contribution in [0.25, 0.3) is 0 Å². The van der Waals surface area contributed by atoms with E-state index in [2.05, 4.69) is 10.6 Å². The SMILES string of the molecule is CCC1(C(=O)NC(C(=O)O)C(C)C)CCNCC1. The summed E-state index contributed by atoms with van der Waals surface area (Å²) in [7, 11) is 0. The summed E-state index contributed by atoms with van der Waals surface area (Å²) in [5, 5.41) is 15.1. The molecule has 1 unspecified atom stereocenters. The number of carboxylic acid groups (broad SMARTS) is 1. The van der Waals surface area contributed by atoms with Crippen molar-refractivity contribution in [1.82, 2.24) is 10.6 Å². The molecule has 0 aromatic rings. The molecule has 0 aromatic heterocycles. The first-order valence-electron chi connectivity index (χ1n) is 6.67. The molecule has 1 fully saturated rings. The van der Waals surface area contributed by atoms with Crippen molar-refractivity contribution in [3.05, 3.63) is 0 Å². The van der Waals surface area contributed by atoms with Gasteiger partial charge in [-0.15, -0.1) is 0 Å². The number of carbonyl (C=O) groups is 2. The van der Waals surface area contributed by atoms with Crippen molar-refractivity contribution in [2.24, 2.45) is 11.3 Å². The smallest absolute Gasteiger partial charge is 0.326 e. The van der Waals surface area contributed by atoms with E-state index in [9.17, 15) is 9.59 Å². The highest BCUT2D eigenvalue weighted by atomic mass is 16.4. The van der Waals surface area contributed by atoms with Gasteiger partial charge in [-0.25, -0.2) is 4.79 Å². The maximum atomic E-state index is 12.4. The maximum absolute atomic E-state index is 12.4. The van der Waals surface area contributed by atoms with Crippen molar-refractivity contribution in [3.63, 3.8) is 0 Å². The average molecular weight is 256 g/mol. The second kappa shape index (κ2) is 6.18. The Morgan fingerprint density at radius 1 is 1.33 bits per heavy atom. The molecule has 1 amide bonds. The van der Waals surface area contributed by atoms with Gasteiger partial charge < -0.3 is 15.7 Å². The Labute approximate surface area is 108 Å². The summed E-state index contributed by atoms with van der Waals surface area (Å²) < 4.78 is 0. The summed E-state index contributed by atoms with van der Waals surface area (Å²) in [6.45, 7) is 7.25. The van der Waals surface area contributed by atoms with Crippen LogP contribution in [-0.2, 0) is 9.59 Å². The molecule has 0 radical (unpaired) electrons. The van der Waals surface area contributed by atoms with Gasteiger partial charge in [-0.3, -0.25) is 4.79 Å². The van der Waals surface area contributed by atoms with Crippen LogP contribution in [0.5, 0.6) is 0 Å². The van der Waals surface area contributed by atoms with Crippen LogP contribution < -0.4 is 10.6 Å². The van der Waals surface area contributed by atoms with Gasteiger partial charge in [0.2, 0.25) is 5.91 Å². The van der Waals surface area contributed by atoms with Crippen LogP contribution in [0.3, 0.4) is 0 Å². The summed E-state index contributed by atoms with van der Waals surface area (Å²) in [6.07, 6.45) is 2.31. The Bertz CT molecular complexity index is 309. The van der Waals surface area contributed by atoms with Gasteiger partial charge in [0.05, 0.1) is 5.41 Å². The molecular formula is C13H24N2O3. The van der Waals surface area contributed by atoms with E-state index in [0.29, 0.717) is 0 Å². The fourth-order valence-corrected chi connectivity index (χ4v) is 2.45. The minimum atomic E-state index is -0.960. The maximum Gasteiger partial charge on any atom is 0.326 e. The minimum Gasteiger partial charge on any atom is -0.480 e. The molecule has 0 bridgehead atoms. The third-order valence-corrected chi connectivity index (χ3v) is 3.94. The number of hydrogen-bond acceptors (Lipinski definition) is 3. The lowest BCUT2D eigenvalue weighted by Gasteiger charge is -2.36. The molecule has 1 aliphatic heterocycles. The summed E-state index contributed by atoms with van der Waals surface area (Å²) in [5.41, 5.74) is -0.395. The Hall–Kier alpha value is -1.10. The number of amides is 1. The molecule has 5 heteroatoms. The van der Waals surface area contributed by atoms with Gasteiger partial charge in [0.1, 0.15) is 6.04 Å². The van der Waals surface area contributed by atoms with Crippen molar-refractivity contribution in [1.29, 1.82) is 0 Å². The monoisotopic (exact) mass is 256 g/mol. The van der Waals surface area contributed by atoms with Gasteiger partial charge in [-0.1, -0.05) is 20.8 Å². The third kappa shape index (κ3) is 3.22. The van der Waals surface area contributed by atoms with Crippen molar-refractivity contribution in [2.45, 2.75) is 46.1 Å². The van der Waals surface area contributed by atoms with Gasteiger partial charge in [0.25, 0.3) is 0 Å². The van der Waals surface area contributed by atoms with Crippen molar-refractivity contribution in [2.75, 3.05) is 13.1 Å².